The van der Waals surface area contributed by atoms with Gasteiger partial charge in [0.05, 0.1) is 11.6 Å². The number of halogens is 1. The van der Waals surface area contributed by atoms with E-state index in [0.29, 0.717) is 29.7 Å². The summed E-state index contributed by atoms with van der Waals surface area (Å²) in [5.74, 6) is 1.40. The Bertz CT molecular complexity index is 635. The molecule has 0 N–H and O–H groups in total. The lowest BCUT2D eigenvalue weighted by atomic mass is 10.0. The number of hydrogen-bond acceptors (Lipinski definition) is 3. The van der Waals surface area contributed by atoms with Crippen LogP contribution in [0.3, 0.4) is 0 Å². The van der Waals surface area contributed by atoms with Crippen molar-refractivity contribution in [2.75, 3.05) is 6.61 Å². The Kier molecular flexibility index (Phi) is 6.48. The quantitative estimate of drug-likeness (QED) is 0.396. The molecule has 2 aromatic carbocycles. The van der Waals surface area contributed by atoms with Gasteiger partial charge in [0.25, 0.3) is 0 Å². The van der Waals surface area contributed by atoms with Gasteiger partial charge in [0, 0.05) is 6.42 Å². The summed E-state index contributed by atoms with van der Waals surface area (Å²) < 4.78 is 10.8. The van der Waals surface area contributed by atoms with Crippen LogP contribution in [-0.4, -0.2) is 12.6 Å². The molecular formula is C19H21ClO3. The minimum absolute atomic E-state index is 0.287. The number of carbonyl (C=O) groups is 1. The molecule has 0 amide bonds. The van der Waals surface area contributed by atoms with Crippen LogP contribution in [0.4, 0.5) is 0 Å². The van der Waals surface area contributed by atoms with E-state index in [9.17, 15) is 4.79 Å². The Labute approximate surface area is 142 Å². The van der Waals surface area contributed by atoms with Gasteiger partial charge in [-0.1, -0.05) is 49.7 Å². The van der Waals surface area contributed by atoms with Crippen LogP contribution in [-0.2, 0) is 4.79 Å². The number of benzene rings is 2. The lowest BCUT2D eigenvalue weighted by Gasteiger charge is -2.09. The van der Waals surface area contributed by atoms with Crippen molar-refractivity contribution >= 4 is 17.6 Å². The normalized spacial score (nSPS) is 10.6. The van der Waals surface area contributed by atoms with E-state index in [-0.39, 0.29) is 12.4 Å². The predicted molar refractivity (Wildman–Crippen MR) is 92.3 cm³/mol. The van der Waals surface area contributed by atoms with Gasteiger partial charge in [0.2, 0.25) is 0 Å². The summed E-state index contributed by atoms with van der Waals surface area (Å²) in [5, 5.41) is 0.433. The number of esters is 1. The summed E-state index contributed by atoms with van der Waals surface area (Å²) >= 11 is 5.94. The number of rotatable bonds is 7. The van der Waals surface area contributed by atoms with Gasteiger partial charge in [-0.15, -0.1) is 0 Å². The van der Waals surface area contributed by atoms with E-state index in [1.165, 1.54) is 5.56 Å². The molecule has 0 spiro atoms. The fraction of sp³-hybridized carbons (Fsp3) is 0.316. The Morgan fingerprint density at radius 2 is 1.78 bits per heavy atom. The largest absolute Gasteiger partial charge is 0.494 e. The molecule has 0 bridgehead atoms. The molecule has 0 saturated carbocycles. The van der Waals surface area contributed by atoms with E-state index in [4.69, 9.17) is 21.1 Å². The first kappa shape index (κ1) is 17.4. The van der Waals surface area contributed by atoms with Crippen molar-refractivity contribution < 1.29 is 14.3 Å². The smallest absolute Gasteiger partial charge is 0.311 e. The van der Waals surface area contributed by atoms with Gasteiger partial charge < -0.3 is 9.47 Å². The second-order valence-corrected chi connectivity index (χ2v) is 5.99. The zero-order chi connectivity index (χ0) is 16.7. The van der Waals surface area contributed by atoms with Crippen LogP contribution in [0.1, 0.15) is 38.2 Å². The molecule has 2 aromatic rings. The number of carbonyl (C=O) groups excluding carboxylic acids is 1. The highest BCUT2D eigenvalue weighted by atomic mass is 35.5. The van der Waals surface area contributed by atoms with Crippen molar-refractivity contribution in [3.05, 3.63) is 59.1 Å². The highest BCUT2D eigenvalue weighted by Crippen LogP contribution is 2.23. The van der Waals surface area contributed by atoms with E-state index in [0.717, 1.165) is 5.75 Å². The molecule has 0 aliphatic carbocycles. The zero-order valence-electron chi connectivity index (χ0n) is 13.4. The molecule has 0 heterocycles. The molecule has 3 nitrogen and oxygen atoms in total. The maximum absolute atomic E-state index is 11.8. The third kappa shape index (κ3) is 5.61. The summed E-state index contributed by atoms with van der Waals surface area (Å²) in [5.41, 5.74) is 1.28. The molecule has 0 aliphatic heterocycles. The van der Waals surface area contributed by atoms with Crippen LogP contribution in [0.5, 0.6) is 11.5 Å². The molecule has 4 heteroatoms. The van der Waals surface area contributed by atoms with Crippen LogP contribution in [0.15, 0.2) is 48.5 Å². The van der Waals surface area contributed by atoms with E-state index in [1.807, 2.05) is 12.1 Å². The third-order valence-electron chi connectivity index (χ3n) is 3.40. The molecule has 0 aliphatic rings. The van der Waals surface area contributed by atoms with Crippen LogP contribution in [0.2, 0.25) is 5.02 Å². The monoisotopic (exact) mass is 332 g/mol. The minimum Gasteiger partial charge on any atom is -0.494 e. The summed E-state index contributed by atoms with van der Waals surface area (Å²) in [4.78, 5) is 11.8. The first-order chi connectivity index (χ1) is 11.1. The zero-order valence-corrected chi connectivity index (χ0v) is 14.2. The summed E-state index contributed by atoms with van der Waals surface area (Å²) in [6, 6.07) is 15.0. The van der Waals surface area contributed by atoms with E-state index >= 15 is 0 Å². The predicted octanol–water partition coefficient (Wildman–Crippen LogP) is 5.23. The van der Waals surface area contributed by atoms with Gasteiger partial charge in [-0.25, -0.2) is 0 Å². The van der Waals surface area contributed by atoms with Crippen molar-refractivity contribution in [3.8, 4) is 11.5 Å². The maximum Gasteiger partial charge on any atom is 0.311 e. The van der Waals surface area contributed by atoms with E-state index in [1.54, 1.807) is 24.3 Å². The molecular weight excluding hydrogens is 312 g/mol. The van der Waals surface area contributed by atoms with Crippen molar-refractivity contribution in [2.45, 2.75) is 32.6 Å². The van der Waals surface area contributed by atoms with Gasteiger partial charge in [-0.2, -0.15) is 0 Å². The average Bonchev–Trinajstić information content (AvgIpc) is 2.54. The second-order valence-electron chi connectivity index (χ2n) is 5.58. The van der Waals surface area contributed by atoms with Gasteiger partial charge in [-0.05, 0) is 42.2 Å². The Balaban J connectivity index is 1.70. The molecule has 122 valence electrons. The molecule has 0 aromatic heterocycles. The third-order valence-corrected chi connectivity index (χ3v) is 3.71. The molecule has 0 atom stereocenters. The lowest BCUT2D eigenvalue weighted by molar-refractivity contribution is -0.134. The van der Waals surface area contributed by atoms with E-state index < -0.39 is 0 Å². The van der Waals surface area contributed by atoms with Crippen molar-refractivity contribution in [2.24, 2.45) is 0 Å². The van der Waals surface area contributed by atoms with Gasteiger partial charge in [-0.3, -0.25) is 4.79 Å². The number of ether oxygens (including phenoxy) is 2. The summed E-state index contributed by atoms with van der Waals surface area (Å²) in [7, 11) is 0. The maximum atomic E-state index is 11.8. The first-order valence-corrected chi connectivity index (χ1v) is 8.12. The summed E-state index contributed by atoms with van der Waals surface area (Å²) in [6.07, 6.45) is 0.879. The summed E-state index contributed by atoms with van der Waals surface area (Å²) in [6.45, 7) is 4.78. The second kappa shape index (κ2) is 8.59. The van der Waals surface area contributed by atoms with Gasteiger partial charge in [0.1, 0.15) is 11.5 Å². The molecule has 23 heavy (non-hydrogen) atoms. The minimum atomic E-state index is -0.308. The Hall–Kier alpha value is -2.00. The lowest BCUT2D eigenvalue weighted by Crippen LogP contribution is -2.10. The molecule has 0 saturated heterocycles. The fourth-order valence-electron chi connectivity index (χ4n) is 2.06. The van der Waals surface area contributed by atoms with Gasteiger partial charge >= 0.3 is 5.97 Å². The average molecular weight is 333 g/mol. The van der Waals surface area contributed by atoms with Crippen LogP contribution in [0, 0.1) is 0 Å². The Morgan fingerprint density at radius 3 is 2.43 bits per heavy atom. The highest BCUT2D eigenvalue weighted by molar-refractivity contribution is 6.32. The van der Waals surface area contributed by atoms with Crippen molar-refractivity contribution in [1.29, 1.82) is 0 Å². The van der Waals surface area contributed by atoms with Gasteiger partial charge in [0.15, 0.2) is 0 Å². The first-order valence-electron chi connectivity index (χ1n) is 7.74. The SMILES string of the molecule is CC(C)c1ccc(OCCCC(=O)Oc2ccccc2Cl)cc1. The van der Waals surface area contributed by atoms with Crippen molar-refractivity contribution in [1.82, 2.24) is 0 Å². The van der Waals surface area contributed by atoms with Crippen LogP contribution >= 0.6 is 11.6 Å². The highest BCUT2D eigenvalue weighted by Gasteiger charge is 2.07. The molecule has 2 rings (SSSR count). The Morgan fingerprint density at radius 1 is 1.09 bits per heavy atom. The molecule has 0 unspecified atom stereocenters. The number of hydrogen-bond donors (Lipinski definition) is 0. The van der Waals surface area contributed by atoms with Crippen LogP contribution in [0.25, 0.3) is 0 Å². The standard InChI is InChI=1S/C19H21ClO3/c1-14(2)15-9-11-16(12-10-15)22-13-5-8-19(21)23-18-7-4-3-6-17(18)20/h3-4,6-7,9-12,14H,5,8,13H2,1-2H3. The molecule has 0 fully saturated rings. The van der Waals surface area contributed by atoms with Crippen LogP contribution < -0.4 is 9.47 Å². The molecule has 0 radical (unpaired) electrons. The van der Waals surface area contributed by atoms with Crippen molar-refractivity contribution in [3.63, 3.8) is 0 Å². The number of para-hydroxylation sites is 1. The topological polar surface area (TPSA) is 35.5 Å². The van der Waals surface area contributed by atoms with E-state index in [2.05, 4.69) is 26.0 Å². The fourth-order valence-corrected chi connectivity index (χ4v) is 2.23.